The molecule has 0 aliphatic carbocycles. The van der Waals surface area contributed by atoms with Gasteiger partial charge in [-0.15, -0.1) is 0 Å². The van der Waals surface area contributed by atoms with Crippen LogP contribution in [0.25, 0.3) is 11.3 Å². The van der Waals surface area contributed by atoms with E-state index >= 15 is 0 Å². The first-order valence-corrected chi connectivity index (χ1v) is 9.45. The molecule has 0 radical (unpaired) electrons. The summed E-state index contributed by atoms with van der Waals surface area (Å²) in [4.78, 5) is 17.3. The number of hydrogen-bond acceptors (Lipinski definition) is 7. The van der Waals surface area contributed by atoms with Crippen molar-refractivity contribution in [3.63, 3.8) is 0 Å². The van der Waals surface area contributed by atoms with E-state index in [0.717, 1.165) is 30.0 Å². The molecule has 7 nitrogen and oxygen atoms in total. The van der Waals surface area contributed by atoms with Gasteiger partial charge in [-0.1, -0.05) is 13.8 Å². The molecule has 7 heteroatoms. The molecule has 3 aromatic rings. The number of aromatic nitrogens is 4. The van der Waals surface area contributed by atoms with E-state index in [4.69, 9.17) is 0 Å². The fraction of sp³-hybridized carbons (Fsp3) is 0.333. The number of anilines is 2. The summed E-state index contributed by atoms with van der Waals surface area (Å²) in [6, 6.07) is 9.66. The third-order valence-corrected chi connectivity index (χ3v) is 4.49. The van der Waals surface area contributed by atoms with Crippen molar-refractivity contribution in [1.29, 1.82) is 0 Å². The zero-order chi connectivity index (χ0) is 19.8. The molecule has 3 rings (SSSR count). The minimum atomic E-state index is -0.114. The average molecular weight is 378 g/mol. The van der Waals surface area contributed by atoms with Crippen molar-refractivity contribution in [3.8, 4) is 11.3 Å². The van der Waals surface area contributed by atoms with Crippen LogP contribution >= 0.6 is 0 Å². The van der Waals surface area contributed by atoms with Crippen LogP contribution in [0.4, 0.5) is 11.8 Å². The molecule has 28 heavy (non-hydrogen) atoms. The lowest BCUT2D eigenvalue weighted by atomic mass is 10.1. The van der Waals surface area contributed by atoms with Crippen LogP contribution in [0.3, 0.4) is 0 Å². The molecule has 0 spiro atoms. The van der Waals surface area contributed by atoms with Crippen LogP contribution < -0.4 is 10.6 Å². The highest BCUT2D eigenvalue weighted by Gasteiger charge is 2.15. The maximum absolute atomic E-state index is 9.63. The molecule has 0 aliphatic heterocycles. The summed E-state index contributed by atoms with van der Waals surface area (Å²) in [5, 5.41) is 16.3. The molecule has 0 saturated heterocycles. The van der Waals surface area contributed by atoms with Crippen molar-refractivity contribution in [2.45, 2.75) is 26.3 Å². The van der Waals surface area contributed by atoms with Gasteiger partial charge in [-0.3, -0.25) is 9.97 Å². The summed E-state index contributed by atoms with van der Waals surface area (Å²) >= 11 is 0. The van der Waals surface area contributed by atoms with Gasteiger partial charge in [0.15, 0.2) is 0 Å². The van der Waals surface area contributed by atoms with Crippen molar-refractivity contribution in [2.75, 3.05) is 23.8 Å². The molecule has 3 N–H and O–H groups in total. The first kappa shape index (κ1) is 19.7. The van der Waals surface area contributed by atoms with Crippen molar-refractivity contribution < 1.29 is 5.11 Å². The molecule has 3 aromatic heterocycles. The van der Waals surface area contributed by atoms with Crippen LogP contribution in [0.5, 0.6) is 0 Å². The van der Waals surface area contributed by atoms with Gasteiger partial charge in [-0.05, 0) is 42.2 Å². The van der Waals surface area contributed by atoms with Crippen LogP contribution in [0.15, 0.2) is 55.1 Å². The van der Waals surface area contributed by atoms with Crippen molar-refractivity contribution in [3.05, 3.63) is 60.7 Å². The van der Waals surface area contributed by atoms with E-state index in [9.17, 15) is 5.11 Å². The molecular weight excluding hydrogens is 352 g/mol. The zero-order valence-corrected chi connectivity index (χ0v) is 16.2. The predicted octanol–water partition coefficient (Wildman–Crippen LogP) is 3.02. The summed E-state index contributed by atoms with van der Waals surface area (Å²) in [5.41, 5.74) is 2.97. The predicted molar refractivity (Wildman–Crippen MR) is 111 cm³/mol. The lowest BCUT2D eigenvalue weighted by Gasteiger charge is -2.20. The summed E-state index contributed by atoms with van der Waals surface area (Å²) in [7, 11) is 0. The van der Waals surface area contributed by atoms with Crippen LogP contribution in [0, 0.1) is 5.92 Å². The topological polar surface area (TPSA) is 95.8 Å². The Labute approximate surface area is 165 Å². The smallest absolute Gasteiger partial charge is 0.225 e. The largest absolute Gasteiger partial charge is 0.394 e. The number of nitrogens with one attached hydrogen (secondary N) is 2. The first-order valence-electron chi connectivity index (χ1n) is 9.45. The van der Waals surface area contributed by atoms with Crippen LogP contribution in [-0.2, 0) is 6.42 Å². The van der Waals surface area contributed by atoms with Gasteiger partial charge in [0.25, 0.3) is 0 Å². The Balaban J connectivity index is 1.80. The lowest BCUT2D eigenvalue weighted by molar-refractivity contribution is 0.248. The first-order chi connectivity index (χ1) is 13.7. The van der Waals surface area contributed by atoms with E-state index < -0.39 is 0 Å². The third kappa shape index (κ3) is 5.47. The van der Waals surface area contributed by atoms with Gasteiger partial charge >= 0.3 is 0 Å². The molecule has 0 bridgehead atoms. The fourth-order valence-corrected chi connectivity index (χ4v) is 2.75. The Morgan fingerprint density at radius 1 is 0.964 bits per heavy atom. The highest BCUT2D eigenvalue weighted by Crippen LogP contribution is 2.22. The van der Waals surface area contributed by atoms with E-state index in [1.807, 2.05) is 30.3 Å². The summed E-state index contributed by atoms with van der Waals surface area (Å²) in [6.45, 7) is 4.86. The number of aliphatic hydroxyl groups is 1. The Bertz CT molecular complexity index is 857. The minimum absolute atomic E-state index is 0.0192. The number of hydrogen-bond donors (Lipinski definition) is 3. The Hall–Kier alpha value is -3.06. The molecule has 0 unspecified atom stereocenters. The SMILES string of the molecule is CC(C)[C@@H](CO)Nc1nc(NCCc2ccncc2)cc(-c2ccncc2)n1. The molecule has 0 aliphatic rings. The Morgan fingerprint density at radius 3 is 2.29 bits per heavy atom. The molecule has 0 fully saturated rings. The maximum Gasteiger partial charge on any atom is 0.225 e. The van der Waals surface area contributed by atoms with E-state index in [1.165, 1.54) is 5.56 Å². The van der Waals surface area contributed by atoms with E-state index in [1.54, 1.807) is 24.8 Å². The second-order valence-electron chi connectivity index (χ2n) is 6.91. The van der Waals surface area contributed by atoms with Crippen LogP contribution in [0.2, 0.25) is 0 Å². The highest BCUT2D eigenvalue weighted by atomic mass is 16.3. The second kappa shape index (κ2) is 9.75. The van der Waals surface area contributed by atoms with E-state index in [0.29, 0.717) is 5.95 Å². The van der Waals surface area contributed by atoms with E-state index in [-0.39, 0.29) is 18.6 Å². The summed E-state index contributed by atoms with van der Waals surface area (Å²) < 4.78 is 0. The minimum Gasteiger partial charge on any atom is -0.394 e. The molecule has 0 amide bonds. The number of aliphatic hydroxyl groups excluding tert-OH is 1. The molecule has 1 atom stereocenters. The van der Waals surface area contributed by atoms with Crippen LogP contribution in [-0.4, -0.2) is 44.2 Å². The number of nitrogens with zero attached hydrogens (tertiary/aromatic N) is 4. The Kier molecular flexibility index (Phi) is 6.86. The summed E-state index contributed by atoms with van der Waals surface area (Å²) in [5.74, 6) is 1.48. The molecule has 146 valence electrons. The molecular formula is C21H26N6O. The molecule has 0 aromatic carbocycles. The van der Waals surface area contributed by atoms with Gasteiger partial charge in [0, 0.05) is 43.0 Å². The van der Waals surface area contributed by atoms with Gasteiger partial charge < -0.3 is 15.7 Å². The third-order valence-electron chi connectivity index (χ3n) is 4.49. The van der Waals surface area contributed by atoms with Gasteiger partial charge in [-0.2, -0.15) is 4.98 Å². The van der Waals surface area contributed by atoms with Crippen LogP contribution in [0.1, 0.15) is 19.4 Å². The van der Waals surface area contributed by atoms with Gasteiger partial charge in [0.1, 0.15) is 5.82 Å². The van der Waals surface area contributed by atoms with E-state index in [2.05, 4.69) is 44.4 Å². The number of pyridine rings is 2. The van der Waals surface area contributed by atoms with Crippen molar-refractivity contribution in [1.82, 2.24) is 19.9 Å². The maximum atomic E-state index is 9.63. The summed E-state index contributed by atoms with van der Waals surface area (Å²) in [6.07, 6.45) is 7.94. The van der Waals surface area contributed by atoms with Crippen molar-refractivity contribution >= 4 is 11.8 Å². The average Bonchev–Trinajstić information content (AvgIpc) is 2.73. The zero-order valence-electron chi connectivity index (χ0n) is 16.2. The number of rotatable bonds is 9. The molecule has 3 heterocycles. The van der Waals surface area contributed by atoms with Gasteiger partial charge in [0.05, 0.1) is 18.3 Å². The monoisotopic (exact) mass is 378 g/mol. The lowest BCUT2D eigenvalue weighted by Crippen LogP contribution is -2.30. The standard InChI is InChI=1S/C21H26N6O/c1-15(2)19(14-28)26-21-25-18(17-6-10-23-11-7-17)13-20(27-21)24-12-5-16-3-8-22-9-4-16/h3-4,6-11,13,15,19,28H,5,12,14H2,1-2H3,(H2,24,25,26,27)/t19-/m1/s1. The fourth-order valence-electron chi connectivity index (χ4n) is 2.75. The molecule has 0 saturated carbocycles. The van der Waals surface area contributed by atoms with Gasteiger partial charge in [-0.25, -0.2) is 4.98 Å². The normalized spacial score (nSPS) is 12.0. The Morgan fingerprint density at radius 2 is 1.64 bits per heavy atom. The van der Waals surface area contributed by atoms with Gasteiger partial charge in [0.2, 0.25) is 5.95 Å². The highest BCUT2D eigenvalue weighted by molar-refractivity contribution is 5.64. The quantitative estimate of drug-likeness (QED) is 0.527. The second-order valence-corrected chi connectivity index (χ2v) is 6.91. The van der Waals surface area contributed by atoms with Crippen molar-refractivity contribution in [2.24, 2.45) is 5.92 Å².